The smallest absolute Gasteiger partial charge is 0.148 e. The largest absolute Gasteiger partial charge is 0.409 e. The summed E-state index contributed by atoms with van der Waals surface area (Å²) in [5, 5.41) is 16.0. The fraction of sp³-hybridized carbons (Fsp3) is 0.133. The molecule has 0 amide bonds. The average molecular weight is 369 g/mol. The number of rotatable bonds is 5. The maximum atomic E-state index is 8.95. The lowest BCUT2D eigenvalue weighted by Crippen LogP contribution is -2.28. The van der Waals surface area contributed by atoms with Crippen LogP contribution in [0.4, 0.5) is 5.69 Å². The van der Waals surface area contributed by atoms with Crippen molar-refractivity contribution in [1.82, 2.24) is 0 Å². The minimum absolute atomic E-state index is 0.164. The SMILES string of the molecule is N/C(=N/O)C(CNc1ccc(Br)c(Cl)c1)c1ccccc1. The molecule has 0 fully saturated rings. The standard InChI is InChI=1S/C15H15BrClN3O/c16-13-7-6-11(8-14(13)17)19-9-12(15(18)20-21)10-4-2-1-3-5-10/h1-8,12,19,21H,9H2,(H2,18,20). The molecule has 2 aromatic carbocycles. The van der Waals surface area contributed by atoms with Crippen LogP contribution in [0, 0.1) is 0 Å². The Morgan fingerprint density at radius 2 is 2.00 bits per heavy atom. The maximum Gasteiger partial charge on any atom is 0.148 e. The van der Waals surface area contributed by atoms with Crippen molar-refractivity contribution in [2.24, 2.45) is 10.9 Å². The van der Waals surface area contributed by atoms with E-state index in [1.54, 1.807) is 0 Å². The molecule has 0 aromatic heterocycles. The molecule has 0 heterocycles. The monoisotopic (exact) mass is 367 g/mol. The van der Waals surface area contributed by atoms with Crippen LogP contribution in [-0.4, -0.2) is 17.6 Å². The van der Waals surface area contributed by atoms with Crippen LogP contribution < -0.4 is 11.1 Å². The minimum atomic E-state index is -0.223. The van der Waals surface area contributed by atoms with Crippen molar-refractivity contribution in [1.29, 1.82) is 0 Å². The quantitative estimate of drug-likeness (QED) is 0.323. The van der Waals surface area contributed by atoms with Crippen LogP contribution in [0.5, 0.6) is 0 Å². The van der Waals surface area contributed by atoms with E-state index >= 15 is 0 Å². The molecule has 0 spiro atoms. The Kier molecular flexibility index (Phi) is 5.47. The molecule has 0 bridgehead atoms. The summed E-state index contributed by atoms with van der Waals surface area (Å²) in [5.41, 5.74) is 7.64. The van der Waals surface area contributed by atoms with E-state index in [2.05, 4.69) is 26.4 Å². The first-order valence-corrected chi connectivity index (χ1v) is 7.50. The van der Waals surface area contributed by atoms with Gasteiger partial charge in [-0.3, -0.25) is 0 Å². The normalized spacial score (nSPS) is 13.0. The number of hydrogen-bond acceptors (Lipinski definition) is 3. The first-order valence-electron chi connectivity index (χ1n) is 6.33. The minimum Gasteiger partial charge on any atom is -0.409 e. The van der Waals surface area contributed by atoms with Crippen molar-refractivity contribution in [3.05, 3.63) is 63.6 Å². The van der Waals surface area contributed by atoms with E-state index < -0.39 is 0 Å². The highest BCUT2D eigenvalue weighted by Gasteiger charge is 2.16. The van der Waals surface area contributed by atoms with Crippen LogP contribution in [0.15, 0.2) is 58.2 Å². The molecule has 110 valence electrons. The molecule has 21 heavy (non-hydrogen) atoms. The van der Waals surface area contributed by atoms with Crippen LogP contribution in [0.1, 0.15) is 11.5 Å². The van der Waals surface area contributed by atoms with Crippen molar-refractivity contribution >= 4 is 39.1 Å². The molecule has 4 N–H and O–H groups in total. The van der Waals surface area contributed by atoms with Gasteiger partial charge >= 0.3 is 0 Å². The van der Waals surface area contributed by atoms with Gasteiger partial charge in [0.25, 0.3) is 0 Å². The summed E-state index contributed by atoms with van der Waals surface area (Å²) in [6.45, 7) is 0.498. The number of halogens is 2. The second kappa shape index (κ2) is 7.33. The number of benzene rings is 2. The van der Waals surface area contributed by atoms with Crippen LogP contribution in [0.2, 0.25) is 5.02 Å². The van der Waals surface area contributed by atoms with Gasteiger partial charge in [-0.05, 0) is 39.7 Å². The van der Waals surface area contributed by atoms with E-state index in [9.17, 15) is 0 Å². The molecule has 0 saturated carbocycles. The van der Waals surface area contributed by atoms with Gasteiger partial charge in [-0.1, -0.05) is 47.1 Å². The molecule has 6 heteroatoms. The number of anilines is 1. The van der Waals surface area contributed by atoms with E-state index in [1.807, 2.05) is 48.5 Å². The van der Waals surface area contributed by atoms with E-state index in [-0.39, 0.29) is 11.8 Å². The third kappa shape index (κ3) is 4.12. The van der Waals surface area contributed by atoms with Gasteiger partial charge < -0.3 is 16.3 Å². The summed E-state index contributed by atoms with van der Waals surface area (Å²) < 4.78 is 0.839. The van der Waals surface area contributed by atoms with E-state index in [0.717, 1.165) is 15.7 Å². The van der Waals surface area contributed by atoms with Crippen LogP contribution >= 0.6 is 27.5 Å². The van der Waals surface area contributed by atoms with Gasteiger partial charge in [-0.25, -0.2) is 0 Å². The fourth-order valence-corrected chi connectivity index (χ4v) is 2.40. The van der Waals surface area contributed by atoms with Crippen LogP contribution in [0.3, 0.4) is 0 Å². The molecule has 0 aliphatic heterocycles. The Hall–Kier alpha value is -1.72. The summed E-state index contributed by atoms with van der Waals surface area (Å²) >= 11 is 9.41. The molecular formula is C15H15BrClN3O. The van der Waals surface area contributed by atoms with Crippen molar-refractivity contribution in [2.45, 2.75) is 5.92 Å². The van der Waals surface area contributed by atoms with Crippen LogP contribution in [-0.2, 0) is 0 Å². The Balaban J connectivity index is 2.15. The second-order valence-electron chi connectivity index (χ2n) is 4.50. The highest BCUT2D eigenvalue weighted by molar-refractivity contribution is 9.10. The number of oxime groups is 1. The first-order chi connectivity index (χ1) is 10.1. The van der Waals surface area contributed by atoms with E-state index in [4.69, 9.17) is 22.5 Å². The molecular weight excluding hydrogens is 354 g/mol. The van der Waals surface area contributed by atoms with Crippen molar-refractivity contribution in [3.8, 4) is 0 Å². The molecule has 1 unspecified atom stereocenters. The summed E-state index contributed by atoms with van der Waals surface area (Å²) in [6.07, 6.45) is 0. The van der Waals surface area contributed by atoms with E-state index in [1.165, 1.54) is 0 Å². The third-order valence-corrected chi connectivity index (χ3v) is 4.34. The van der Waals surface area contributed by atoms with Gasteiger partial charge in [0.2, 0.25) is 0 Å². The van der Waals surface area contributed by atoms with Gasteiger partial charge in [-0.2, -0.15) is 0 Å². The Morgan fingerprint density at radius 3 is 2.62 bits per heavy atom. The molecule has 0 radical (unpaired) electrons. The van der Waals surface area contributed by atoms with Crippen LogP contribution in [0.25, 0.3) is 0 Å². The zero-order chi connectivity index (χ0) is 15.2. The lowest BCUT2D eigenvalue weighted by Gasteiger charge is -2.17. The summed E-state index contributed by atoms with van der Waals surface area (Å²) in [4.78, 5) is 0. The zero-order valence-corrected chi connectivity index (χ0v) is 13.5. The lowest BCUT2D eigenvalue weighted by atomic mass is 9.98. The topological polar surface area (TPSA) is 70.6 Å². The predicted molar refractivity (Wildman–Crippen MR) is 90.2 cm³/mol. The first kappa shape index (κ1) is 15.7. The lowest BCUT2D eigenvalue weighted by molar-refractivity contribution is 0.316. The number of hydrogen-bond donors (Lipinski definition) is 3. The van der Waals surface area contributed by atoms with Gasteiger partial charge in [0, 0.05) is 16.7 Å². The fourth-order valence-electron chi connectivity index (χ4n) is 1.97. The van der Waals surface area contributed by atoms with Crippen molar-refractivity contribution in [2.75, 3.05) is 11.9 Å². The molecule has 0 saturated heterocycles. The molecule has 0 aliphatic rings. The number of nitrogens with one attached hydrogen (secondary N) is 1. The number of amidine groups is 1. The predicted octanol–water partition coefficient (Wildman–Crippen LogP) is 4.04. The van der Waals surface area contributed by atoms with Gasteiger partial charge in [0.15, 0.2) is 0 Å². The van der Waals surface area contributed by atoms with Gasteiger partial charge in [0.05, 0.1) is 10.9 Å². The van der Waals surface area contributed by atoms with Gasteiger partial charge in [0.1, 0.15) is 5.84 Å². The van der Waals surface area contributed by atoms with Crippen molar-refractivity contribution in [3.63, 3.8) is 0 Å². The highest BCUT2D eigenvalue weighted by Crippen LogP contribution is 2.26. The Labute approximate surface area is 136 Å². The Bertz CT molecular complexity index is 634. The Morgan fingerprint density at radius 1 is 1.29 bits per heavy atom. The van der Waals surface area contributed by atoms with Gasteiger partial charge in [-0.15, -0.1) is 0 Å². The molecule has 1 atom stereocenters. The molecule has 4 nitrogen and oxygen atoms in total. The average Bonchev–Trinajstić information content (AvgIpc) is 2.51. The summed E-state index contributed by atoms with van der Waals surface area (Å²) in [7, 11) is 0. The molecule has 0 aliphatic carbocycles. The highest BCUT2D eigenvalue weighted by atomic mass is 79.9. The summed E-state index contributed by atoms with van der Waals surface area (Å²) in [6, 6.07) is 15.2. The molecule has 2 rings (SSSR count). The molecule has 2 aromatic rings. The second-order valence-corrected chi connectivity index (χ2v) is 5.76. The maximum absolute atomic E-state index is 8.95. The number of nitrogens with zero attached hydrogens (tertiary/aromatic N) is 1. The van der Waals surface area contributed by atoms with Crippen molar-refractivity contribution < 1.29 is 5.21 Å². The number of nitrogens with two attached hydrogens (primary N) is 1. The summed E-state index contributed by atoms with van der Waals surface area (Å²) in [5.74, 6) is -0.0597. The van der Waals surface area contributed by atoms with E-state index in [0.29, 0.717) is 11.6 Å². The zero-order valence-electron chi connectivity index (χ0n) is 11.1. The third-order valence-electron chi connectivity index (χ3n) is 3.10.